The number of nitrogens with one attached hydrogen (secondary N) is 2. The molecule has 13 heteroatoms. The summed E-state index contributed by atoms with van der Waals surface area (Å²) >= 11 is 0. The lowest BCUT2D eigenvalue weighted by Crippen LogP contribution is -2.12. The van der Waals surface area contributed by atoms with Crippen LogP contribution in [0.15, 0.2) is 116 Å². The molecule has 13 nitrogen and oxygen atoms in total. The lowest BCUT2D eigenvalue weighted by molar-refractivity contribution is 0.101. The van der Waals surface area contributed by atoms with E-state index in [1.807, 2.05) is 57.9 Å². The molecular formula is C47H41N11O2. The van der Waals surface area contributed by atoms with E-state index in [4.69, 9.17) is 10.2 Å². The highest BCUT2D eigenvalue weighted by atomic mass is 16.2. The van der Waals surface area contributed by atoms with E-state index in [0.717, 1.165) is 28.1 Å². The first-order valence-corrected chi connectivity index (χ1v) is 20.8. The van der Waals surface area contributed by atoms with Crippen LogP contribution in [0.25, 0.3) is 33.6 Å². The number of carbonyl (C=O) groups excluding carboxylic acids is 2. The number of aromatic nitrogens is 9. The number of nitrogens with zero attached hydrogens (tertiary/aromatic N) is 9. The molecule has 60 heavy (non-hydrogen) atoms. The van der Waals surface area contributed by atoms with Crippen LogP contribution in [-0.2, 0) is 0 Å². The lowest BCUT2D eigenvalue weighted by atomic mass is 10.1. The van der Waals surface area contributed by atoms with Crippen LogP contribution in [0, 0.1) is 0 Å². The number of rotatable bonds is 10. The smallest absolute Gasteiger partial charge is 0.255 e. The van der Waals surface area contributed by atoms with Gasteiger partial charge < -0.3 is 10.6 Å². The van der Waals surface area contributed by atoms with Crippen LogP contribution >= 0.6 is 0 Å². The van der Waals surface area contributed by atoms with Crippen LogP contribution in [0.2, 0.25) is 0 Å². The highest BCUT2D eigenvalue weighted by Gasteiger charge is 2.34. The average Bonchev–Trinajstić information content (AvgIpc) is 4.07. The fourth-order valence-corrected chi connectivity index (χ4v) is 7.59. The maximum atomic E-state index is 12.7. The third-order valence-corrected chi connectivity index (χ3v) is 11.5. The second-order valence-corrected chi connectivity index (χ2v) is 16.3. The van der Waals surface area contributed by atoms with Gasteiger partial charge in [-0.25, -0.2) is 19.3 Å². The molecule has 2 N–H and O–H groups in total. The fraction of sp³-hybridized carbons (Fsp3) is 0.255. The molecule has 4 aliphatic rings. The van der Waals surface area contributed by atoms with Gasteiger partial charge in [-0.1, -0.05) is 6.07 Å². The first-order chi connectivity index (χ1) is 29.5. The van der Waals surface area contributed by atoms with E-state index >= 15 is 0 Å². The van der Waals surface area contributed by atoms with E-state index in [-0.39, 0.29) is 11.8 Å². The first kappa shape index (κ1) is 36.0. The van der Waals surface area contributed by atoms with Crippen molar-refractivity contribution >= 4 is 45.1 Å². The zero-order chi connectivity index (χ0) is 40.2. The maximum Gasteiger partial charge on any atom is 0.255 e. The van der Waals surface area contributed by atoms with Gasteiger partial charge in [0, 0.05) is 70.2 Å². The molecule has 0 saturated heterocycles. The quantitative estimate of drug-likeness (QED) is 0.138. The topological polar surface area (TPSA) is 158 Å². The van der Waals surface area contributed by atoms with Crippen LogP contribution in [0.3, 0.4) is 0 Å². The van der Waals surface area contributed by atoms with Gasteiger partial charge in [-0.05, 0) is 130 Å². The zero-order valence-electron chi connectivity index (χ0n) is 32.8. The van der Waals surface area contributed by atoms with Gasteiger partial charge in [0.05, 0.1) is 51.7 Å². The van der Waals surface area contributed by atoms with Crippen molar-refractivity contribution in [1.29, 1.82) is 0 Å². The van der Waals surface area contributed by atoms with Crippen LogP contribution in [-0.4, -0.2) is 56.3 Å². The van der Waals surface area contributed by atoms with Crippen LogP contribution < -0.4 is 10.6 Å². The number of benzene rings is 2. The van der Waals surface area contributed by atoms with E-state index in [1.165, 1.54) is 74.1 Å². The van der Waals surface area contributed by atoms with E-state index in [9.17, 15) is 9.59 Å². The summed E-state index contributed by atoms with van der Waals surface area (Å²) < 4.78 is 3.98. The van der Waals surface area contributed by atoms with Gasteiger partial charge in [-0.3, -0.25) is 24.5 Å². The molecule has 6 heterocycles. The Morgan fingerprint density at radius 3 is 1.50 bits per heavy atom. The molecule has 12 rings (SSSR count). The van der Waals surface area contributed by atoms with Gasteiger partial charge in [-0.15, -0.1) is 0 Å². The van der Waals surface area contributed by atoms with E-state index in [2.05, 4.69) is 47.7 Å². The highest BCUT2D eigenvalue weighted by molar-refractivity contribution is 6.06. The number of pyridine rings is 3. The highest BCUT2D eigenvalue weighted by Crippen LogP contribution is 2.46. The predicted octanol–water partition coefficient (Wildman–Crippen LogP) is 9.04. The summed E-state index contributed by atoms with van der Waals surface area (Å²) in [7, 11) is 0. The molecule has 0 atom stereocenters. The van der Waals surface area contributed by atoms with E-state index in [1.54, 1.807) is 55.2 Å². The van der Waals surface area contributed by atoms with Crippen molar-refractivity contribution in [1.82, 2.24) is 44.5 Å². The number of carbonyl (C=O) groups is 2. The van der Waals surface area contributed by atoms with Gasteiger partial charge in [0.25, 0.3) is 11.8 Å². The summed E-state index contributed by atoms with van der Waals surface area (Å²) in [6.45, 7) is 0. The monoisotopic (exact) mass is 791 g/mol. The molecular weight excluding hydrogens is 751 g/mol. The Morgan fingerprint density at radius 1 is 0.483 bits per heavy atom. The van der Waals surface area contributed by atoms with E-state index < -0.39 is 0 Å². The molecule has 2 aromatic carbocycles. The average molecular weight is 792 g/mol. The Kier molecular flexibility index (Phi) is 8.93. The molecule has 0 radical (unpaired) electrons. The van der Waals surface area contributed by atoms with Crippen molar-refractivity contribution in [3.05, 3.63) is 150 Å². The Morgan fingerprint density at radius 2 is 0.983 bits per heavy atom. The van der Waals surface area contributed by atoms with Crippen LogP contribution in [0.4, 0.5) is 11.4 Å². The molecule has 0 spiro atoms. The molecule has 6 aromatic heterocycles. The normalized spacial score (nSPS) is 16.0. The molecule has 8 aromatic rings. The Hall–Kier alpha value is -7.15. The third kappa shape index (κ3) is 7.61. The fourth-order valence-electron chi connectivity index (χ4n) is 7.59. The minimum absolute atomic E-state index is 0.163. The number of fused-ring (bicyclic) bond motifs is 2. The number of amides is 2. The van der Waals surface area contributed by atoms with Crippen LogP contribution in [0.1, 0.15) is 119 Å². The molecule has 4 aliphatic carbocycles. The Bertz CT molecular complexity index is 2710. The van der Waals surface area contributed by atoms with Gasteiger partial charge in [0.2, 0.25) is 0 Å². The molecule has 0 unspecified atom stereocenters. The molecule has 4 saturated carbocycles. The summed E-state index contributed by atoms with van der Waals surface area (Å²) in [5.41, 5.74) is 9.68. The summed E-state index contributed by atoms with van der Waals surface area (Å²) in [5, 5.41) is 16.4. The number of anilines is 2. The summed E-state index contributed by atoms with van der Waals surface area (Å²) in [6, 6.07) is 26.7. The third-order valence-electron chi connectivity index (χ3n) is 11.5. The minimum Gasteiger partial charge on any atom is -0.321 e. The van der Waals surface area contributed by atoms with Crippen molar-refractivity contribution in [2.75, 3.05) is 10.6 Å². The largest absolute Gasteiger partial charge is 0.321 e. The SMILES string of the molecule is O=C(Nc1ccc(-n2nc(C3CC3)cc2C2CC2)nc1)c1ccc2ncccc2c1.O=C(Nc1ccc(-n2nc(C3CC3)cc2C2CC2)nc1)c1ccc2nccnc2c1. The molecule has 0 bridgehead atoms. The Balaban J connectivity index is 0.000000136. The maximum absolute atomic E-state index is 12.7. The zero-order valence-corrected chi connectivity index (χ0v) is 32.8. The second-order valence-electron chi connectivity index (χ2n) is 16.3. The molecule has 296 valence electrons. The number of hydrogen-bond donors (Lipinski definition) is 2. The molecule has 2 amide bonds. The minimum atomic E-state index is -0.203. The van der Waals surface area contributed by atoms with Crippen molar-refractivity contribution < 1.29 is 9.59 Å². The van der Waals surface area contributed by atoms with Crippen molar-refractivity contribution in [3.8, 4) is 11.6 Å². The standard InChI is InChI=1S/C24H21N5O.C23H20N6O/c30-24(18-7-9-20-17(12-18)2-1-11-25-20)27-19-8-10-23(26-14-19)29-22(16-5-6-16)13-21(28-29)15-3-4-15;30-23(16-5-7-18-20(11-16)25-10-9-24-18)27-17-6-8-22(26-13-17)29-21(15-3-4-15)12-19(28-29)14-1-2-14/h1-2,7-16H,3-6H2,(H,27,30);5-15H,1-4H2,(H,27,30). The number of hydrogen-bond acceptors (Lipinski definition) is 9. The summed E-state index contributed by atoms with van der Waals surface area (Å²) in [6.07, 6.45) is 18.2. The summed E-state index contributed by atoms with van der Waals surface area (Å²) in [4.78, 5) is 47.3. The molecule has 0 aliphatic heterocycles. The van der Waals surface area contributed by atoms with Crippen LogP contribution in [0.5, 0.6) is 0 Å². The van der Waals surface area contributed by atoms with Crippen molar-refractivity contribution in [2.45, 2.75) is 75.0 Å². The molecule has 4 fully saturated rings. The van der Waals surface area contributed by atoms with Crippen molar-refractivity contribution in [2.24, 2.45) is 0 Å². The second kappa shape index (κ2) is 14.9. The van der Waals surface area contributed by atoms with Gasteiger partial charge in [0.1, 0.15) is 0 Å². The summed E-state index contributed by atoms with van der Waals surface area (Å²) in [5.74, 6) is 3.68. The van der Waals surface area contributed by atoms with Gasteiger partial charge in [0.15, 0.2) is 11.6 Å². The first-order valence-electron chi connectivity index (χ1n) is 20.8. The van der Waals surface area contributed by atoms with Gasteiger partial charge >= 0.3 is 0 Å². The van der Waals surface area contributed by atoms with Crippen molar-refractivity contribution in [3.63, 3.8) is 0 Å². The lowest BCUT2D eigenvalue weighted by Gasteiger charge is -2.08. The van der Waals surface area contributed by atoms with E-state index in [0.29, 0.717) is 51.7 Å². The Labute approximate surface area is 345 Å². The predicted molar refractivity (Wildman–Crippen MR) is 228 cm³/mol. The van der Waals surface area contributed by atoms with Gasteiger partial charge in [-0.2, -0.15) is 10.2 Å².